The number of nitrogens with one attached hydrogen (secondary N) is 2. The van der Waals surface area contributed by atoms with Crippen LogP contribution in [0.1, 0.15) is 23.0 Å². The van der Waals surface area contributed by atoms with E-state index in [9.17, 15) is 19.7 Å². The Morgan fingerprint density at radius 1 is 1.29 bits per heavy atom. The molecule has 0 fully saturated rings. The van der Waals surface area contributed by atoms with Crippen LogP contribution in [0, 0.1) is 10.1 Å². The Morgan fingerprint density at radius 2 is 2.08 bits per heavy atom. The molecule has 0 saturated carbocycles. The largest absolute Gasteiger partial charge is 0.326 e. The topological polar surface area (TPSA) is 114 Å². The fourth-order valence-electron chi connectivity index (χ4n) is 1.78. The van der Waals surface area contributed by atoms with Gasteiger partial charge >= 0.3 is 0 Å². The third-order valence-corrected chi connectivity index (χ3v) is 3.72. The van der Waals surface area contributed by atoms with Gasteiger partial charge in [-0.05, 0) is 24.4 Å². The molecule has 8 nitrogen and oxygen atoms in total. The Hall–Kier alpha value is -3.07. The summed E-state index contributed by atoms with van der Waals surface area (Å²) in [5.74, 6) is -0.731. The molecule has 0 saturated heterocycles. The second-order valence-corrected chi connectivity index (χ2v) is 5.75. The molecule has 1 heterocycles. The number of thiophene rings is 1. The number of nitro benzene ring substituents is 1. The molecule has 0 spiro atoms. The number of benzene rings is 1. The van der Waals surface area contributed by atoms with Crippen LogP contribution < -0.4 is 10.7 Å². The monoisotopic (exact) mass is 346 g/mol. The van der Waals surface area contributed by atoms with Crippen molar-refractivity contribution in [2.24, 2.45) is 5.10 Å². The first-order valence-electron chi connectivity index (χ1n) is 6.87. The Labute approximate surface area is 141 Å². The first-order chi connectivity index (χ1) is 11.5. The van der Waals surface area contributed by atoms with E-state index >= 15 is 0 Å². The van der Waals surface area contributed by atoms with Crippen LogP contribution in [0.2, 0.25) is 0 Å². The molecule has 1 aromatic heterocycles. The van der Waals surface area contributed by atoms with Crippen molar-refractivity contribution in [1.82, 2.24) is 5.43 Å². The minimum absolute atomic E-state index is 0.0482. The maximum Gasteiger partial charge on any atom is 0.281 e. The molecule has 0 unspecified atom stereocenters. The summed E-state index contributed by atoms with van der Waals surface area (Å²) >= 11 is 1.29. The summed E-state index contributed by atoms with van der Waals surface area (Å²) in [6, 6.07) is 9.06. The highest BCUT2D eigenvalue weighted by Gasteiger charge is 2.10. The third-order valence-electron chi connectivity index (χ3n) is 2.85. The van der Waals surface area contributed by atoms with Gasteiger partial charge in [-0.3, -0.25) is 19.7 Å². The van der Waals surface area contributed by atoms with Gasteiger partial charge in [-0.25, -0.2) is 5.43 Å². The van der Waals surface area contributed by atoms with Gasteiger partial charge in [0.1, 0.15) is 0 Å². The Bertz CT molecular complexity index is 787. The molecule has 9 heteroatoms. The number of hydrogen-bond acceptors (Lipinski definition) is 6. The maximum atomic E-state index is 11.9. The quantitative estimate of drug-likeness (QED) is 0.475. The van der Waals surface area contributed by atoms with Crippen LogP contribution >= 0.6 is 11.3 Å². The molecule has 0 aliphatic rings. The molecule has 2 aromatic rings. The number of hydrogen-bond donors (Lipinski definition) is 2. The highest BCUT2D eigenvalue weighted by atomic mass is 32.1. The fourth-order valence-corrected chi connectivity index (χ4v) is 2.40. The molecule has 24 heavy (non-hydrogen) atoms. The normalized spacial score (nSPS) is 11.0. The van der Waals surface area contributed by atoms with Gasteiger partial charge in [0.15, 0.2) is 0 Å². The van der Waals surface area contributed by atoms with Gasteiger partial charge in [0.25, 0.3) is 11.6 Å². The SMILES string of the molecule is CC(CC(=O)Nc1cccc([N+](=O)[O-])c1)=NNC(=O)c1cccs1. The molecule has 124 valence electrons. The van der Waals surface area contributed by atoms with E-state index in [-0.39, 0.29) is 23.9 Å². The molecule has 1 aromatic carbocycles. The zero-order valence-electron chi connectivity index (χ0n) is 12.7. The second-order valence-electron chi connectivity index (χ2n) is 4.80. The first-order valence-corrected chi connectivity index (χ1v) is 7.75. The standard InChI is InChI=1S/C15H14N4O4S/c1-10(17-18-15(21)13-6-3-7-24-13)8-14(20)16-11-4-2-5-12(9-11)19(22)23/h2-7,9H,8H2,1H3,(H,16,20)(H,18,21). The summed E-state index contributed by atoms with van der Waals surface area (Å²) in [7, 11) is 0. The van der Waals surface area contributed by atoms with Crippen molar-refractivity contribution < 1.29 is 14.5 Å². The number of nitro groups is 1. The molecule has 0 radical (unpaired) electrons. The average molecular weight is 346 g/mol. The summed E-state index contributed by atoms with van der Waals surface area (Å²) < 4.78 is 0. The minimum atomic E-state index is -0.539. The lowest BCUT2D eigenvalue weighted by Crippen LogP contribution is -2.20. The van der Waals surface area contributed by atoms with Crippen molar-refractivity contribution >= 4 is 40.2 Å². The number of carbonyl (C=O) groups is 2. The van der Waals surface area contributed by atoms with Crippen LogP contribution in [0.25, 0.3) is 0 Å². The molecule has 0 atom stereocenters. The van der Waals surface area contributed by atoms with E-state index in [0.717, 1.165) is 0 Å². The van der Waals surface area contributed by atoms with Gasteiger partial charge in [0.05, 0.1) is 16.2 Å². The van der Waals surface area contributed by atoms with E-state index in [1.54, 1.807) is 30.5 Å². The van der Waals surface area contributed by atoms with Gasteiger partial charge in [-0.1, -0.05) is 12.1 Å². The lowest BCUT2D eigenvalue weighted by atomic mass is 10.2. The predicted molar refractivity (Wildman–Crippen MR) is 91.2 cm³/mol. The lowest BCUT2D eigenvalue weighted by molar-refractivity contribution is -0.384. The summed E-state index contributed by atoms with van der Waals surface area (Å²) in [6.45, 7) is 1.60. The first kappa shape index (κ1) is 17.3. The molecule has 0 aliphatic carbocycles. The maximum absolute atomic E-state index is 11.9. The van der Waals surface area contributed by atoms with Gasteiger partial charge in [0.2, 0.25) is 5.91 Å². The molecule has 2 N–H and O–H groups in total. The van der Waals surface area contributed by atoms with Gasteiger partial charge in [0, 0.05) is 23.5 Å². The Morgan fingerprint density at radius 3 is 2.75 bits per heavy atom. The van der Waals surface area contributed by atoms with Crippen molar-refractivity contribution in [3.8, 4) is 0 Å². The van der Waals surface area contributed by atoms with Crippen LogP contribution in [0.3, 0.4) is 0 Å². The number of nitrogens with zero attached hydrogens (tertiary/aromatic N) is 2. The number of hydrazone groups is 1. The van der Waals surface area contributed by atoms with Crippen molar-refractivity contribution in [2.75, 3.05) is 5.32 Å². The number of carbonyl (C=O) groups excluding carboxylic acids is 2. The average Bonchev–Trinajstić information content (AvgIpc) is 3.07. The van der Waals surface area contributed by atoms with E-state index in [4.69, 9.17) is 0 Å². The van der Waals surface area contributed by atoms with Gasteiger partial charge in [-0.2, -0.15) is 5.10 Å². The van der Waals surface area contributed by atoms with Crippen LogP contribution in [-0.2, 0) is 4.79 Å². The third kappa shape index (κ3) is 4.99. The highest BCUT2D eigenvalue weighted by Crippen LogP contribution is 2.17. The van der Waals surface area contributed by atoms with Gasteiger partial charge in [-0.15, -0.1) is 11.3 Å². The second kappa shape index (κ2) is 7.97. The van der Waals surface area contributed by atoms with Crippen LogP contribution in [0.5, 0.6) is 0 Å². The summed E-state index contributed by atoms with van der Waals surface area (Å²) in [5, 5.41) is 18.9. The van der Waals surface area contributed by atoms with Crippen molar-refractivity contribution in [3.63, 3.8) is 0 Å². The molecule has 0 aliphatic heterocycles. The highest BCUT2D eigenvalue weighted by molar-refractivity contribution is 7.12. The van der Waals surface area contributed by atoms with E-state index in [0.29, 0.717) is 16.3 Å². The van der Waals surface area contributed by atoms with Crippen molar-refractivity contribution in [3.05, 3.63) is 56.8 Å². The van der Waals surface area contributed by atoms with E-state index in [1.807, 2.05) is 0 Å². The van der Waals surface area contributed by atoms with Crippen molar-refractivity contribution in [2.45, 2.75) is 13.3 Å². The molecular weight excluding hydrogens is 332 g/mol. The van der Waals surface area contributed by atoms with Crippen LogP contribution in [0.15, 0.2) is 46.9 Å². The Balaban J connectivity index is 1.89. The fraction of sp³-hybridized carbons (Fsp3) is 0.133. The van der Waals surface area contributed by atoms with E-state index in [2.05, 4.69) is 15.8 Å². The number of anilines is 1. The minimum Gasteiger partial charge on any atom is -0.326 e. The zero-order chi connectivity index (χ0) is 17.5. The zero-order valence-corrected chi connectivity index (χ0v) is 13.5. The number of rotatable bonds is 6. The molecule has 2 amide bonds. The number of non-ortho nitro benzene ring substituents is 1. The van der Waals surface area contributed by atoms with E-state index in [1.165, 1.54) is 29.5 Å². The van der Waals surface area contributed by atoms with Crippen LogP contribution in [0.4, 0.5) is 11.4 Å². The lowest BCUT2D eigenvalue weighted by Gasteiger charge is -2.05. The Kier molecular flexibility index (Phi) is 5.74. The van der Waals surface area contributed by atoms with Gasteiger partial charge < -0.3 is 5.32 Å². The molecular formula is C15H14N4O4S. The molecule has 0 bridgehead atoms. The van der Waals surface area contributed by atoms with E-state index < -0.39 is 4.92 Å². The molecule has 2 rings (SSSR count). The summed E-state index contributed by atoms with van der Waals surface area (Å²) in [5.41, 5.74) is 2.99. The predicted octanol–water partition coefficient (Wildman–Crippen LogP) is 2.79. The summed E-state index contributed by atoms with van der Waals surface area (Å²) in [6.07, 6.45) is -0.0482. The summed E-state index contributed by atoms with van der Waals surface area (Å²) in [4.78, 5) is 34.3. The van der Waals surface area contributed by atoms with Crippen LogP contribution in [-0.4, -0.2) is 22.4 Å². The smallest absolute Gasteiger partial charge is 0.281 e. The van der Waals surface area contributed by atoms with Crippen molar-refractivity contribution in [1.29, 1.82) is 0 Å². The number of amides is 2.